The van der Waals surface area contributed by atoms with Crippen molar-refractivity contribution in [1.29, 1.82) is 0 Å². The first-order valence-corrected chi connectivity index (χ1v) is 6.18. The van der Waals surface area contributed by atoms with E-state index in [1.807, 2.05) is 24.3 Å². The van der Waals surface area contributed by atoms with Gasteiger partial charge in [-0.05, 0) is 17.5 Å². The summed E-state index contributed by atoms with van der Waals surface area (Å²) in [6.45, 7) is 0. The fourth-order valence-electron chi connectivity index (χ4n) is 1.91. The Morgan fingerprint density at radius 2 is 1.56 bits per heavy atom. The molecule has 2 rings (SSSR count). The first-order valence-electron chi connectivity index (χ1n) is 6.18. The van der Waals surface area contributed by atoms with E-state index in [1.165, 1.54) is 11.1 Å². The standard InChI is InChI=1S/C17H18O/c1-18-17(16-12-6-3-7-13-16)14-8-11-15-9-4-2-5-10-15/h2-10,12-14,17H,11H2,1H3. The van der Waals surface area contributed by atoms with Crippen molar-refractivity contribution in [2.45, 2.75) is 12.5 Å². The van der Waals surface area contributed by atoms with Gasteiger partial charge in [0.05, 0.1) is 0 Å². The number of rotatable bonds is 5. The van der Waals surface area contributed by atoms with Crippen LogP contribution in [0, 0.1) is 0 Å². The third-order valence-electron chi connectivity index (χ3n) is 2.89. The highest BCUT2D eigenvalue weighted by molar-refractivity contribution is 5.23. The second-order valence-corrected chi connectivity index (χ2v) is 4.18. The largest absolute Gasteiger partial charge is 0.373 e. The Morgan fingerprint density at radius 3 is 2.17 bits per heavy atom. The van der Waals surface area contributed by atoms with Gasteiger partial charge in [-0.15, -0.1) is 0 Å². The monoisotopic (exact) mass is 238 g/mol. The summed E-state index contributed by atoms with van der Waals surface area (Å²) in [7, 11) is 1.74. The number of hydrogen-bond acceptors (Lipinski definition) is 1. The van der Waals surface area contributed by atoms with Crippen molar-refractivity contribution in [1.82, 2.24) is 0 Å². The number of benzene rings is 2. The third-order valence-corrected chi connectivity index (χ3v) is 2.89. The van der Waals surface area contributed by atoms with Gasteiger partial charge in [-0.25, -0.2) is 0 Å². The van der Waals surface area contributed by atoms with Crippen LogP contribution in [0.2, 0.25) is 0 Å². The molecule has 0 saturated heterocycles. The maximum atomic E-state index is 5.49. The number of allylic oxidation sites excluding steroid dienone is 1. The lowest BCUT2D eigenvalue weighted by Crippen LogP contribution is -1.97. The molecule has 0 amide bonds. The zero-order valence-electron chi connectivity index (χ0n) is 10.6. The molecule has 0 aromatic heterocycles. The SMILES string of the molecule is COC(C=CCc1ccccc1)c1ccccc1. The summed E-state index contributed by atoms with van der Waals surface area (Å²) < 4.78 is 5.49. The van der Waals surface area contributed by atoms with Gasteiger partial charge in [-0.2, -0.15) is 0 Å². The van der Waals surface area contributed by atoms with Gasteiger partial charge in [-0.3, -0.25) is 0 Å². The van der Waals surface area contributed by atoms with Crippen LogP contribution in [-0.2, 0) is 11.2 Å². The molecule has 1 heteroatoms. The van der Waals surface area contributed by atoms with Crippen LogP contribution in [0.1, 0.15) is 17.2 Å². The topological polar surface area (TPSA) is 9.23 Å². The average molecular weight is 238 g/mol. The van der Waals surface area contributed by atoms with Crippen LogP contribution in [-0.4, -0.2) is 7.11 Å². The molecule has 0 aliphatic heterocycles. The second-order valence-electron chi connectivity index (χ2n) is 4.18. The molecule has 0 fully saturated rings. The van der Waals surface area contributed by atoms with Crippen molar-refractivity contribution in [3.63, 3.8) is 0 Å². The van der Waals surface area contributed by atoms with Crippen molar-refractivity contribution in [2.75, 3.05) is 7.11 Å². The summed E-state index contributed by atoms with van der Waals surface area (Å²) in [4.78, 5) is 0. The summed E-state index contributed by atoms with van der Waals surface area (Å²) in [6, 6.07) is 20.7. The van der Waals surface area contributed by atoms with Gasteiger partial charge in [-0.1, -0.05) is 72.8 Å². The Labute approximate surface area is 109 Å². The van der Waals surface area contributed by atoms with Crippen LogP contribution in [0.3, 0.4) is 0 Å². The van der Waals surface area contributed by atoms with Crippen LogP contribution in [0.15, 0.2) is 72.8 Å². The highest BCUT2D eigenvalue weighted by atomic mass is 16.5. The molecule has 0 saturated carbocycles. The molecule has 0 aliphatic carbocycles. The fourth-order valence-corrected chi connectivity index (χ4v) is 1.91. The van der Waals surface area contributed by atoms with E-state index in [1.54, 1.807) is 7.11 Å². The van der Waals surface area contributed by atoms with E-state index in [0.717, 1.165) is 6.42 Å². The highest BCUT2D eigenvalue weighted by Crippen LogP contribution is 2.17. The predicted octanol–water partition coefficient (Wildman–Crippen LogP) is 4.17. The van der Waals surface area contributed by atoms with Crippen LogP contribution in [0.4, 0.5) is 0 Å². The minimum absolute atomic E-state index is 0.0370. The number of hydrogen-bond donors (Lipinski definition) is 0. The van der Waals surface area contributed by atoms with Crippen LogP contribution < -0.4 is 0 Å². The predicted molar refractivity (Wildman–Crippen MR) is 75.5 cm³/mol. The van der Waals surface area contributed by atoms with Gasteiger partial charge in [0.15, 0.2) is 0 Å². The van der Waals surface area contributed by atoms with Gasteiger partial charge < -0.3 is 4.74 Å². The molecule has 18 heavy (non-hydrogen) atoms. The Bertz CT molecular complexity index is 473. The number of ether oxygens (including phenoxy) is 1. The highest BCUT2D eigenvalue weighted by Gasteiger charge is 2.04. The summed E-state index contributed by atoms with van der Waals surface area (Å²) in [5, 5.41) is 0. The molecule has 0 radical (unpaired) electrons. The van der Waals surface area contributed by atoms with Gasteiger partial charge >= 0.3 is 0 Å². The fraction of sp³-hybridized carbons (Fsp3) is 0.176. The molecule has 2 aromatic rings. The van der Waals surface area contributed by atoms with Gasteiger partial charge in [0, 0.05) is 7.11 Å². The molecular weight excluding hydrogens is 220 g/mol. The molecule has 92 valence electrons. The molecule has 0 bridgehead atoms. The van der Waals surface area contributed by atoms with E-state index in [2.05, 4.69) is 48.6 Å². The molecule has 2 aromatic carbocycles. The third kappa shape index (κ3) is 3.57. The molecule has 0 N–H and O–H groups in total. The smallest absolute Gasteiger partial charge is 0.100 e. The summed E-state index contributed by atoms with van der Waals surface area (Å²) >= 11 is 0. The van der Waals surface area contributed by atoms with Gasteiger partial charge in [0.2, 0.25) is 0 Å². The Kier molecular flexibility index (Phi) is 4.74. The van der Waals surface area contributed by atoms with Gasteiger partial charge in [0.1, 0.15) is 6.10 Å². The van der Waals surface area contributed by atoms with E-state index < -0.39 is 0 Å². The van der Waals surface area contributed by atoms with Crippen molar-refractivity contribution in [3.8, 4) is 0 Å². The summed E-state index contributed by atoms with van der Waals surface area (Å²) in [5.41, 5.74) is 2.50. The van der Waals surface area contributed by atoms with Crippen molar-refractivity contribution in [3.05, 3.63) is 83.9 Å². The van der Waals surface area contributed by atoms with E-state index in [4.69, 9.17) is 4.74 Å². The molecule has 1 atom stereocenters. The van der Waals surface area contributed by atoms with Crippen LogP contribution in [0.5, 0.6) is 0 Å². The molecular formula is C17H18O. The minimum Gasteiger partial charge on any atom is -0.373 e. The quantitative estimate of drug-likeness (QED) is 0.710. The second kappa shape index (κ2) is 6.77. The average Bonchev–Trinajstić information content (AvgIpc) is 2.46. The minimum atomic E-state index is 0.0370. The van der Waals surface area contributed by atoms with Crippen molar-refractivity contribution in [2.24, 2.45) is 0 Å². The van der Waals surface area contributed by atoms with E-state index in [-0.39, 0.29) is 6.10 Å². The molecule has 1 unspecified atom stereocenters. The maximum absolute atomic E-state index is 5.49. The lowest BCUT2D eigenvalue weighted by Gasteiger charge is -2.10. The summed E-state index contributed by atoms with van der Waals surface area (Å²) in [6.07, 6.45) is 5.25. The first-order chi connectivity index (χ1) is 8.90. The first kappa shape index (κ1) is 12.6. The van der Waals surface area contributed by atoms with Gasteiger partial charge in [0.25, 0.3) is 0 Å². The lowest BCUT2D eigenvalue weighted by molar-refractivity contribution is 0.142. The van der Waals surface area contributed by atoms with Crippen molar-refractivity contribution < 1.29 is 4.74 Å². The van der Waals surface area contributed by atoms with Crippen LogP contribution >= 0.6 is 0 Å². The van der Waals surface area contributed by atoms with E-state index in [9.17, 15) is 0 Å². The zero-order chi connectivity index (χ0) is 12.6. The van der Waals surface area contributed by atoms with E-state index >= 15 is 0 Å². The Hall–Kier alpha value is -1.86. The Balaban J connectivity index is 1.99. The lowest BCUT2D eigenvalue weighted by atomic mass is 10.1. The zero-order valence-corrected chi connectivity index (χ0v) is 10.6. The van der Waals surface area contributed by atoms with Crippen LogP contribution in [0.25, 0.3) is 0 Å². The molecule has 0 spiro atoms. The Morgan fingerprint density at radius 1 is 0.944 bits per heavy atom. The molecule has 0 heterocycles. The number of methoxy groups -OCH3 is 1. The normalized spacial score (nSPS) is 12.7. The molecule has 0 aliphatic rings. The maximum Gasteiger partial charge on any atom is 0.100 e. The molecule has 1 nitrogen and oxygen atoms in total. The van der Waals surface area contributed by atoms with E-state index in [0.29, 0.717) is 0 Å². The van der Waals surface area contributed by atoms with Crippen molar-refractivity contribution >= 4 is 0 Å². The summed E-state index contributed by atoms with van der Waals surface area (Å²) in [5.74, 6) is 0.